The molecule has 1 heterocycles. The van der Waals surface area contributed by atoms with Crippen LogP contribution in [-0.2, 0) is 19.2 Å². The molecule has 0 amide bonds. The van der Waals surface area contributed by atoms with Crippen LogP contribution in [0, 0.1) is 0 Å². The first kappa shape index (κ1) is 12.6. The second kappa shape index (κ2) is 6.18. The van der Waals surface area contributed by atoms with Crippen molar-refractivity contribution in [1.29, 1.82) is 0 Å². The zero-order valence-corrected chi connectivity index (χ0v) is 10.7. The minimum atomic E-state index is 0.634. The molecule has 0 saturated heterocycles. The van der Waals surface area contributed by atoms with Crippen LogP contribution in [0.15, 0.2) is 6.07 Å². The second-order valence-electron chi connectivity index (χ2n) is 3.80. The summed E-state index contributed by atoms with van der Waals surface area (Å²) in [6.07, 6.45) is 2.10. The molecular weight excluding hydrogens is 206 g/mol. The summed E-state index contributed by atoms with van der Waals surface area (Å²) in [5.74, 6) is 1.03. The molecule has 0 fully saturated rings. The van der Waals surface area contributed by atoms with Gasteiger partial charge in [-0.15, -0.1) is 0 Å². The van der Waals surface area contributed by atoms with Crippen molar-refractivity contribution in [3.8, 4) is 0 Å². The minimum absolute atomic E-state index is 0.634. The summed E-state index contributed by atoms with van der Waals surface area (Å²) >= 11 is 1.95. The molecule has 0 spiro atoms. The molecule has 2 N–H and O–H groups in total. The average molecular weight is 227 g/mol. The molecule has 1 aromatic rings. The number of nitrogens with two attached hydrogens (primary N) is 1. The predicted octanol–water partition coefficient (Wildman–Crippen LogP) is 1.95. The Labute approximate surface area is 96.4 Å². The summed E-state index contributed by atoms with van der Waals surface area (Å²) in [5, 5.41) is 5.07. The van der Waals surface area contributed by atoms with Gasteiger partial charge in [-0.2, -0.15) is 16.9 Å². The smallest absolute Gasteiger partial charge is 0.0624 e. The van der Waals surface area contributed by atoms with Gasteiger partial charge in [0.2, 0.25) is 0 Å². The second-order valence-corrected chi connectivity index (χ2v) is 5.23. The lowest BCUT2D eigenvalue weighted by Gasteiger charge is -2.09. The van der Waals surface area contributed by atoms with Gasteiger partial charge in [-0.3, -0.25) is 4.68 Å². The molecule has 0 aliphatic carbocycles. The lowest BCUT2D eigenvalue weighted by Crippen LogP contribution is -2.07. The summed E-state index contributed by atoms with van der Waals surface area (Å²) in [7, 11) is 2.02. The Morgan fingerprint density at radius 3 is 2.87 bits per heavy atom. The highest BCUT2D eigenvalue weighted by Gasteiger charge is 2.06. The molecule has 0 aromatic carbocycles. The predicted molar refractivity (Wildman–Crippen MR) is 67.0 cm³/mol. The third-order valence-electron chi connectivity index (χ3n) is 2.48. The fourth-order valence-corrected chi connectivity index (χ4v) is 2.45. The molecule has 0 radical (unpaired) electrons. The van der Waals surface area contributed by atoms with E-state index in [2.05, 4.69) is 25.0 Å². The van der Waals surface area contributed by atoms with E-state index in [0.717, 1.165) is 25.1 Å². The lowest BCUT2D eigenvalue weighted by molar-refractivity contribution is 0.719. The molecular formula is C11H21N3S. The van der Waals surface area contributed by atoms with Gasteiger partial charge in [-0.1, -0.05) is 13.8 Å². The average Bonchev–Trinajstić information content (AvgIpc) is 2.57. The van der Waals surface area contributed by atoms with Crippen LogP contribution < -0.4 is 5.73 Å². The highest BCUT2D eigenvalue weighted by Crippen LogP contribution is 2.19. The van der Waals surface area contributed by atoms with Crippen LogP contribution in [0.2, 0.25) is 0 Å². The van der Waals surface area contributed by atoms with Crippen molar-refractivity contribution in [2.45, 2.75) is 37.7 Å². The van der Waals surface area contributed by atoms with Gasteiger partial charge in [0.1, 0.15) is 0 Å². The van der Waals surface area contributed by atoms with E-state index in [0.29, 0.717) is 5.25 Å². The first-order valence-corrected chi connectivity index (χ1v) is 6.55. The summed E-state index contributed by atoms with van der Waals surface area (Å²) < 4.78 is 1.99. The quantitative estimate of drug-likeness (QED) is 0.808. The molecule has 1 unspecified atom stereocenters. The fraction of sp³-hybridized carbons (Fsp3) is 0.727. The van der Waals surface area contributed by atoms with Gasteiger partial charge >= 0.3 is 0 Å². The van der Waals surface area contributed by atoms with Crippen LogP contribution in [0.1, 0.15) is 31.7 Å². The Balaban J connectivity index is 2.46. The van der Waals surface area contributed by atoms with Gasteiger partial charge in [0.25, 0.3) is 0 Å². The largest absolute Gasteiger partial charge is 0.330 e. The molecule has 15 heavy (non-hydrogen) atoms. The van der Waals surface area contributed by atoms with Gasteiger partial charge in [0.15, 0.2) is 0 Å². The van der Waals surface area contributed by atoms with E-state index in [1.807, 2.05) is 23.5 Å². The number of hydrogen-bond donors (Lipinski definition) is 1. The maximum Gasteiger partial charge on any atom is 0.0624 e. The number of rotatable bonds is 6. The molecule has 4 heteroatoms. The zero-order chi connectivity index (χ0) is 11.3. The van der Waals surface area contributed by atoms with Crippen molar-refractivity contribution in [3.63, 3.8) is 0 Å². The van der Waals surface area contributed by atoms with Gasteiger partial charge in [0, 0.05) is 23.7 Å². The normalized spacial score (nSPS) is 13.1. The molecule has 3 nitrogen and oxygen atoms in total. The van der Waals surface area contributed by atoms with E-state index in [9.17, 15) is 0 Å². The maximum atomic E-state index is 5.52. The van der Waals surface area contributed by atoms with E-state index < -0.39 is 0 Å². The number of nitrogens with zero attached hydrogens (tertiary/aromatic N) is 2. The standard InChI is InChI=1S/C11H21N3S/c1-4-10-7-11(14(3)13-10)8-15-9(2)5-6-12/h7,9H,4-6,8,12H2,1-3H3. The Morgan fingerprint density at radius 2 is 2.33 bits per heavy atom. The highest BCUT2D eigenvalue weighted by molar-refractivity contribution is 7.99. The Morgan fingerprint density at radius 1 is 1.60 bits per heavy atom. The molecule has 1 rings (SSSR count). The van der Waals surface area contributed by atoms with Crippen LogP contribution >= 0.6 is 11.8 Å². The molecule has 1 aromatic heterocycles. The maximum absolute atomic E-state index is 5.52. The lowest BCUT2D eigenvalue weighted by atomic mass is 10.3. The molecule has 1 atom stereocenters. The first-order valence-electron chi connectivity index (χ1n) is 5.50. The van der Waals surface area contributed by atoms with Gasteiger partial charge in [0.05, 0.1) is 5.69 Å². The number of aromatic nitrogens is 2. The summed E-state index contributed by atoms with van der Waals surface area (Å²) in [6, 6.07) is 2.20. The van der Waals surface area contributed by atoms with Crippen LogP contribution in [-0.4, -0.2) is 21.6 Å². The third kappa shape index (κ3) is 3.87. The summed E-state index contributed by atoms with van der Waals surface area (Å²) in [6.45, 7) is 5.14. The van der Waals surface area contributed by atoms with Crippen molar-refractivity contribution >= 4 is 11.8 Å². The van der Waals surface area contributed by atoms with E-state index >= 15 is 0 Å². The molecule has 86 valence electrons. The van der Waals surface area contributed by atoms with Crippen LogP contribution in [0.25, 0.3) is 0 Å². The van der Waals surface area contributed by atoms with Crippen LogP contribution in [0.3, 0.4) is 0 Å². The number of hydrogen-bond acceptors (Lipinski definition) is 3. The monoisotopic (exact) mass is 227 g/mol. The Bertz CT molecular complexity index is 296. The number of aryl methyl sites for hydroxylation is 2. The SMILES string of the molecule is CCc1cc(CSC(C)CCN)n(C)n1. The Kier molecular flexibility index (Phi) is 5.19. The summed E-state index contributed by atoms with van der Waals surface area (Å²) in [4.78, 5) is 0. The topological polar surface area (TPSA) is 43.8 Å². The highest BCUT2D eigenvalue weighted by atomic mass is 32.2. The van der Waals surface area contributed by atoms with Crippen molar-refractivity contribution in [2.75, 3.05) is 6.54 Å². The Hall–Kier alpha value is -0.480. The van der Waals surface area contributed by atoms with Crippen LogP contribution in [0.5, 0.6) is 0 Å². The van der Waals surface area contributed by atoms with Crippen molar-refractivity contribution in [1.82, 2.24) is 9.78 Å². The van der Waals surface area contributed by atoms with E-state index in [1.54, 1.807) is 0 Å². The molecule has 0 aliphatic heterocycles. The third-order valence-corrected chi connectivity index (χ3v) is 3.75. The summed E-state index contributed by atoms with van der Waals surface area (Å²) in [5.41, 5.74) is 8.01. The van der Waals surface area contributed by atoms with E-state index in [1.165, 1.54) is 11.4 Å². The minimum Gasteiger partial charge on any atom is -0.330 e. The molecule has 0 saturated carbocycles. The van der Waals surface area contributed by atoms with Crippen molar-refractivity contribution in [2.24, 2.45) is 12.8 Å². The van der Waals surface area contributed by atoms with Crippen molar-refractivity contribution in [3.05, 3.63) is 17.5 Å². The van der Waals surface area contributed by atoms with Gasteiger partial charge in [-0.05, 0) is 25.5 Å². The van der Waals surface area contributed by atoms with Gasteiger partial charge < -0.3 is 5.73 Å². The van der Waals surface area contributed by atoms with E-state index in [-0.39, 0.29) is 0 Å². The molecule has 0 aliphatic rings. The number of thioether (sulfide) groups is 1. The van der Waals surface area contributed by atoms with Gasteiger partial charge in [-0.25, -0.2) is 0 Å². The van der Waals surface area contributed by atoms with Crippen molar-refractivity contribution < 1.29 is 0 Å². The zero-order valence-electron chi connectivity index (χ0n) is 9.86. The first-order chi connectivity index (χ1) is 7.17. The van der Waals surface area contributed by atoms with E-state index in [4.69, 9.17) is 5.73 Å². The fourth-order valence-electron chi connectivity index (χ4n) is 1.43. The van der Waals surface area contributed by atoms with Crippen LogP contribution in [0.4, 0.5) is 0 Å². The molecule has 0 bridgehead atoms.